The molecule has 178 valence electrons. The quantitative estimate of drug-likeness (QED) is 0.100. The topological polar surface area (TPSA) is 81.9 Å². The Balaban J connectivity index is 1.57. The molecule has 1 fully saturated rings. The number of rotatable bonds is 7. The number of anilines is 1. The van der Waals surface area contributed by atoms with Crippen LogP contribution in [0.1, 0.15) is 11.1 Å². The van der Waals surface area contributed by atoms with Crippen molar-refractivity contribution in [2.45, 2.75) is 6.61 Å². The number of halogens is 2. The molecule has 0 atom stereocenters. The van der Waals surface area contributed by atoms with Gasteiger partial charge in [0.2, 0.25) is 0 Å². The maximum atomic E-state index is 13.9. The maximum absolute atomic E-state index is 13.9. The molecular weight excluding hydrogens is 606 g/mol. The first kappa shape index (κ1) is 25.1. The Morgan fingerprint density at radius 2 is 1.91 bits per heavy atom. The fourth-order valence-corrected chi connectivity index (χ4v) is 5.37. The van der Waals surface area contributed by atoms with Crippen LogP contribution in [0.25, 0.3) is 6.08 Å². The van der Waals surface area contributed by atoms with Crippen LogP contribution in [0.2, 0.25) is 0 Å². The number of thioether (sulfide) groups is 1. The van der Waals surface area contributed by atoms with Gasteiger partial charge in [-0.15, -0.1) is 0 Å². The van der Waals surface area contributed by atoms with E-state index in [-0.39, 0.29) is 24.0 Å². The molecule has 1 aliphatic rings. The van der Waals surface area contributed by atoms with E-state index in [1.807, 2.05) is 6.07 Å². The summed E-state index contributed by atoms with van der Waals surface area (Å²) in [4.78, 5) is 25.2. The molecule has 35 heavy (non-hydrogen) atoms. The van der Waals surface area contributed by atoms with Gasteiger partial charge in [-0.25, -0.2) is 4.39 Å². The molecule has 3 aromatic rings. The number of carbonyl (C=O) groups is 1. The smallest absolute Gasteiger partial charge is 0.270 e. The highest BCUT2D eigenvalue weighted by Crippen LogP contribution is 2.39. The first-order valence-electron chi connectivity index (χ1n) is 10.0. The number of nitro benzene ring substituents is 1. The molecular formula is C24H16FIN2O5S2. The molecule has 1 amide bonds. The molecule has 1 saturated heterocycles. The monoisotopic (exact) mass is 622 g/mol. The van der Waals surface area contributed by atoms with Gasteiger partial charge < -0.3 is 9.47 Å². The zero-order valence-electron chi connectivity index (χ0n) is 18.1. The second-order valence-electron chi connectivity index (χ2n) is 7.20. The first-order valence-corrected chi connectivity index (χ1v) is 12.3. The van der Waals surface area contributed by atoms with E-state index in [0.29, 0.717) is 37.5 Å². The number of non-ortho nitro benzene ring substituents is 1. The second-order valence-corrected chi connectivity index (χ2v) is 10.0. The summed E-state index contributed by atoms with van der Waals surface area (Å²) in [6.07, 6.45) is 1.69. The number of methoxy groups -OCH3 is 1. The summed E-state index contributed by atoms with van der Waals surface area (Å²) in [6, 6.07) is 15.5. The average Bonchev–Trinajstić information content (AvgIpc) is 3.11. The molecule has 0 aliphatic carbocycles. The molecule has 0 N–H and O–H groups in total. The van der Waals surface area contributed by atoms with Crippen LogP contribution < -0.4 is 14.4 Å². The van der Waals surface area contributed by atoms with Gasteiger partial charge in [-0.2, -0.15) is 0 Å². The van der Waals surface area contributed by atoms with Crippen LogP contribution in [0.5, 0.6) is 11.5 Å². The molecule has 0 bridgehead atoms. The third kappa shape index (κ3) is 5.46. The molecule has 0 spiro atoms. The van der Waals surface area contributed by atoms with Crippen LogP contribution in [0.15, 0.2) is 65.6 Å². The Bertz CT molecular complexity index is 1360. The van der Waals surface area contributed by atoms with E-state index >= 15 is 0 Å². The Morgan fingerprint density at radius 1 is 1.20 bits per heavy atom. The Labute approximate surface area is 223 Å². The van der Waals surface area contributed by atoms with Gasteiger partial charge in [0.15, 0.2) is 15.8 Å². The number of carbonyl (C=O) groups excluding carboxylic acids is 1. The van der Waals surface area contributed by atoms with Gasteiger partial charge >= 0.3 is 0 Å². The molecule has 0 radical (unpaired) electrons. The highest BCUT2D eigenvalue weighted by molar-refractivity contribution is 14.1. The van der Waals surface area contributed by atoms with Crippen LogP contribution in [0.4, 0.5) is 15.8 Å². The SMILES string of the molecule is COc1cc(/C=C2\SC(=S)N(c3ccc([N+](=O)[O-])cc3)C2=O)cc(I)c1OCc1ccccc1F. The minimum atomic E-state index is -0.507. The largest absolute Gasteiger partial charge is 0.493 e. The predicted octanol–water partition coefficient (Wildman–Crippen LogP) is 6.33. The van der Waals surface area contributed by atoms with Gasteiger partial charge in [-0.3, -0.25) is 19.8 Å². The van der Waals surface area contributed by atoms with Crippen molar-refractivity contribution in [3.63, 3.8) is 0 Å². The van der Waals surface area contributed by atoms with Gasteiger partial charge in [0.1, 0.15) is 12.4 Å². The highest BCUT2D eigenvalue weighted by Gasteiger charge is 2.33. The maximum Gasteiger partial charge on any atom is 0.270 e. The number of ether oxygens (including phenoxy) is 2. The molecule has 0 aromatic heterocycles. The summed E-state index contributed by atoms with van der Waals surface area (Å²) in [7, 11) is 1.50. The number of nitro groups is 1. The summed E-state index contributed by atoms with van der Waals surface area (Å²) in [5, 5.41) is 10.9. The molecule has 1 heterocycles. The van der Waals surface area contributed by atoms with Gasteiger partial charge in [-0.1, -0.05) is 42.2 Å². The Hall–Kier alpha value is -3.03. The van der Waals surface area contributed by atoms with Gasteiger partial charge in [-0.05, 0) is 64.6 Å². The fourth-order valence-electron chi connectivity index (χ4n) is 3.29. The first-order chi connectivity index (χ1) is 16.8. The number of thiocarbonyl (C=S) groups is 1. The summed E-state index contributed by atoms with van der Waals surface area (Å²) < 4.78 is 26.3. The van der Waals surface area contributed by atoms with Crippen LogP contribution >= 0.6 is 46.6 Å². The van der Waals surface area contributed by atoms with Gasteiger partial charge in [0, 0.05) is 17.7 Å². The van der Waals surface area contributed by atoms with E-state index in [2.05, 4.69) is 22.6 Å². The third-order valence-corrected chi connectivity index (χ3v) is 7.10. The summed E-state index contributed by atoms with van der Waals surface area (Å²) in [6.45, 7) is 0.0340. The highest BCUT2D eigenvalue weighted by atomic mass is 127. The van der Waals surface area contributed by atoms with Crippen molar-refractivity contribution in [1.82, 2.24) is 0 Å². The van der Waals surface area contributed by atoms with Crippen molar-refractivity contribution >= 4 is 74.2 Å². The van der Waals surface area contributed by atoms with Crippen LogP contribution in [0.3, 0.4) is 0 Å². The number of hydrogen-bond donors (Lipinski definition) is 0. The van der Waals surface area contributed by atoms with Crippen LogP contribution in [-0.2, 0) is 11.4 Å². The molecule has 0 unspecified atom stereocenters. The lowest BCUT2D eigenvalue weighted by Crippen LogP contribution is -2.27. The zero-order chi connectivity index (χ0) is 25.1. The van der Waals surface area contributed by atoms with Crippen molar-refractivity contribution < 1.29 is 23.6 Å². The van der Waals surface area contributed by atoms with E-state index in [4.69, 9.17) is 21.7 Å². The van der Waals surface area contributed by atoms with E-state index in [9.17, 15) is 19.3 Å². The molecule has 1 aliphatic heterocycles. The van der Waals surface area contributed by atoms with Crippen molar-refractivity contribution in [2.75, 3.05) is 12.0 Å². The van der Waals surface area contributed by atoms with E-state index in [1.54, 1.807) is 30.3 Å². The van der Waals surface area contributed by atoms with Crippen molar-refractivity contribution in [2.24, 2.45) is 0 Å². The van der Waals surface area contributed by atoms with Crippen molar-refractivity contribution in [1.29, 1.82) is 0 Å². The standard InChI is InChI=1S/C24H16FIN2O5S2/c1-32-20-11-14(10-19(26)22(20)33-13-15-4-2-3-5-18(15)25)12-21-23(29)27(24(34)35-21)16-6-8-17(9-7-16)28(30)31/h2-12H,13H2,1H3/b21-12-. The Morgan fingerprint density at radius 3 is 2.57 bits per heavy atom. The number of amides is 1. The number of benzene rings is 3. The minimum Gasteiger partial charge on any atom is -0.493 e. The molecule has 11 heteroatoms. The summed E-state index contributed by atoms with van der Waals surface area (Å²) in [5.74, 6) is 0.216. The number of hydrogen-bond acceptors (Lipinski definition) is 7. The van der Waals surface area contributed by atoms with Gasteiger partial charge in [0.05, 0.1) is 26.2 Å². The zero-order valence-corrected chi connectivity index (χ0v) is 21.9. The van der Waals surface area contributed by atoms with Crippen LogP contribution in [-0.4, -0.2) is 22.3 Å². The average molecular weight is 622 g/mol. The van der Waals surface area contributed by atoms with Crippen molar-refractivity contribution in [3.05, 3.63) is 96.2 Å². The Kier molecular flexibility index (Phi) is 7.67. The predicted molar refractivity (Wildman–Crippen MR) is 145 cm³/mol. The van der Waals surface area contributed by atoms with E-state index < -0.39 is 4.92 Å². The molecule has 4 rings (SSSR count). The second kappa shape index (κ2) is 10.7. The lowest BCUT2D eigenvalue weighted by Gasteiger charge is -2.14. The number of nitrogens with zero attached hydrogens (tertiary/aromatic N) is 2. The summed E-state index contributed by atoms with van der Waals surface area (Å²) in [5.41, 5.74) is 1.48. The van der Waals surface area contributed by atoms with E-state index in [1.165, 1.54) is 42.3 Å². The van der Waals surface area contributed by atoms with Gasteiger partial charge in [0.25, 0.3) is 11.6 Å². The minimum absolute atomic E-state index is 0.0340. The van der Waals surface area contributed by atoms with Crippen molar-refractivity contribution in [3.8, 4) is 11.5 Å². The molecule has 0 saturated carbocycles. The van der Waals surface area contributed by atoms with E-state index in [0.717, 1.165) is 15.3 Å². The third-order valence-electron chi connectivity index (χ3n) is 4.99. The summed E-state index contributed by atoms with van der Waals surface area (Å²) >= 11 is 8.61. The lowest BCUT2D eigenvalue weighted by molar-refractivity contribution is -0.384. The fraction of sp³-hybridized carbons (Fsp3) is 0.0833. The molecule has 7 nitrogen and oxygen atoms in total. The molecule has 3 aromatic carbocycles. The van der Waals surface area contributed by atoms with Crippen LogP contribution in [0, 0.1) is 19.5 Å². The normalized spacial score (nSPS) is 14.5. The lowest BCUT2D eigenvalue weighted by atomic mass is 10.1.